The maximum absolute atomic E-state index is 13.4. The van der Waals surface area contributed by atoms with Gasteiger partial charge in [0.2, 0.25) is 0 Å². The standard InChI is InChI=1S/C22H24N2O3S2/c1-3-17-14(2)29-20-19(17)21(26)24(12-16-10-7-11-27-16)22(23-20)28-13-18(25)15-8-5-4-6-9-15/h4-6,8-9,16H,3,7,10-13H2,1-2H3. The third-order valence-corrected chi connectivity index (χ3v) is 7.29. The van der Waals surface area contributed by atoms with Crippen molar-refractivity contribution in [3.63, 3.8) is 0 Å². The normalized spacial score (nSPS) is 16.6. The lowest BCUT2D eigenvalue weighted by atomic mass is 10.1. The molecule has 0 radical (unpaired) electrons. The first-order valence-corrected chi connectivity index (χ1v) is 11.7. The van der Waals surface area contributed by atoms with E-state index in [1.165, 1.54) is 11.8 Å². The number of aryl methyl sites for hydroxylation is 2. The number of ketones is 1. The number of thiophene rings is 1. The highest BCUT2D eigenvalue weighted by atomic mass is 32.2. The van der Waals surface area contributed by atoms with Crippen LogP contribution in [0.1, 0.15) is 40.6 Å². The molecule has 1 aliphatic rings. The van der Waals surface area contributed by atoms with Crippen LogP contribution in [0.4, 0.5) is 0 Å². The number of aromatic nitrogens is 2. The van der Waals surface area contributed by atoms with E-state index in [4.69, 9.17) is 9.72 Å². The van der Waals surface area contributed by atoms with Crippen LogP contribution in [-0.2, 0) is 17.7 Å². The van der Waals surface area contributed by atoms with Crippen molar-refractivity contribution >= 4 is 39.1 Å². The zero-order chi connectivity index (χ0) is 20.4. The van der Waals surface area contributed by atoms with Crippen LogP contribution >= 0.6 is 23.1 Å². The monoisotopic (exact) mass is 428 g/mol. The lowest BCUT2D eigenvalue weighted by Gasteiger charge is -2.16. The van der Waals surface area contributed by atoms with Crippen LogP contribution < -0.4 is 5.56 Å². The van der Waals surface area contributed by atoms with Crippen molar-refractivity contribution in [2.24, 2.45) is 0 Å². The van der Waals surface area contributed by atoms with Gasteiger partial charge in [0.05, 0.1) is 23.8 Å². The number of carbonyl (C=O) groups excluding carboxylic acids is 1. The van der Waals surface area contributed by atoms with Crippen LogP contribution in [0.15, 0.2) is 40.3 Å². The molecular weight excluding hydrogens is 404 g/mol. The molecule has 1 aromatic carbocycles. The van der Waals surface area contributed by atoms with E-state index in [1.54, 1.807) is 15.9 Å². The third-order valence-electron chi connectivity index (χ3n) is 5.27. The van der Waals surface area contributed by atoms with E-state index in [0.717, 1.165) is 46.5 Å². The summed E-state index contributed by atoms with van der Waals surface area (Å²) in [6.07, 6.45) is 2.80. The summed E-state index contributed by atoms with van der Waals surface area (Å²) >= 11 is 2.90. The van der Waals surface area contributed by atoms with Crippen LogP contribution in [0.25, 0.3) is 10.2 Å². The van der Waals surface area contributed by atoms with Gasteiger partial charge in [0.1, 0.15) is 4.83 Å². The molecule has 0 aliphatic carbocycles. The quantitative estimate of drug-likeness (QED) is 0.315. The SMILES string of the molecule is CCc1c(C)sc2nc(SCC(=O)c3ccccc3)n(CC3CCCO3)c(=O)c12. The minimum absolute atomic E-state index is 0.0126. The number of rotatable bonds is 7. The van der Waals surface area contributed by atoms with E-state index in [1.807, 2.05) is 37.3 Å². The van der Waals surface area contributed by atoms with Gasteiger partial charge in [-0.25, -0.2) is 4.98 Å². The summed E-state index contributed by atoms with van der Waals surface area (Å²) in [5.74, 6) is 0.281. The highest BCUT2D eigenvalue weighted by Gasteiger charge is 2.23. The van der Waals surface area contributed by atoms with Crippen molar-refractivity contribution in [2.75, 3.05) is 12.4 Å². The van der Waals surface area contributed by atoms with Gasteiger partial charge in [-0.1, -0.05) is 49.0 Å². The summed E-state index contributed by atoms with van der Waals surface area (Å²) < 4.78 is 7.50. The second-order valence-corrected chi connectivity index (χ2v) is 9.34. The summed E-state index contributed by atoms with van der Waals surface area (Å²) in [7, 11) is 0. The third kappa shape index (κ3) is 4.17. The Hall–Kier alpha value is -1.96. The van der Waals surface area contributed by atoms with Gasteiger partial charge in [-0.3, -0.25) is 14.2 Å². The summed E-state index contributed by atoms with van der Waals surface area (Å²) in [6, 6.07) is 9.24. The van der Waals surface area contributed by atoms with E-state index in [2.05, 4.69) is 6.92 Å². The average molecular weight is 429 g/mol. The Balaban J connectivity index is 1.70. The van der Waals surface area contributed by atoms with Crippen molar-refractivity contribution in [3.8, 4) is 0 Å². The number of Topliss-reactive ketones (excluding diaryl/α,β-unsaturated/α-hetero) is 1. The zero-order valence-corrected chi connectivity index (χ0v) is 18.3. The van der Waals surface area contributed by atoms with Crippen LogP contribution in [0.2, 0.25) is 0 Å². The van der Waals surface area contributed by atoms with Crippen LogP contribution in [0.5, 0.6) is 0 Å². The second kappa shape index (κ2) is 8.81. The Morgan fingerprint density at radius 3 is 2.83 bits per heavy atom. The lowest BCUT2D eigenvalue weighted by molar-refractivity contribution is 0.0937. The molecule has 2 aromatic heterocycles. The van der Waals surface area contributed by atoms with Crippen LogP contribution in [0.3, 0.4) is 0 Å². The number of fused-ring (bicyclic) bond motifs is 1. The molecule has 0 spiro atoms. The number of carbonyl (C=O) groups is 1. The molecule has 3 heterocycles. The fourth-order valence-electron chi connectivity index (χ4n) is 3.76. The molecule has 4 rings (SSSR count). The number of hydrogen-bond acceptors (Lipinski definition) is 6. The van der Waals surface area contributed by atoms with E-state index in [0.29, 0.717) is 17.3 Å². The van der Waals surface area contributed by atoms with Crippen molar-refractivity contribution in [1.82, 2.24) is 9.55 Å². The first-order valence-electron chi connectivity index (χ1n) is 9.94. The molecular formula is C22H24N2O3S2. The molecule has 0 bridgehead atoms. The van der Waals surface area contributed by atoms with Gasteiger partial charge in [-0.05, 0) is 31.7 Å². The van der Waals surface area contributed by atoms with Gasteiger partial charge >= 0.3 is 0 Å². The highest BCUT2D eigenvalue weighted by Crippen LogP contribution is 2.30. The Morgan fingerprint density at radius 1 is 1.34 bits per heavy atom. The van der Waals surface area contributed by atoms with E-state index in [-0.39, 0.29) is 23.2 Å². The topological polar surface area (TPSA) is 61.2 Å². The lowest BCUT2D eigenvalue weighted by Crippen LogP contribution is -2.29. The molecule has 0 N–H and O–H groups in total. The van der Waals surface area contributed by atoms with Gasteiger partial charge in [-0.2, -0.15) is 0 Å². The van der Waals surface area contributed by atoms with Crippen LogP contribution in [-0.4, -0.2) is 33.8 Å². The minimum atomic E-state index is -0.0126. The number of nitrogens with zero attached hydrogens (tertiary/aromatic N) is 2. The van der Waals surface area contributed by atoms with E-state index < -0.39 is 0 Å². The molecule has 152 valence electrons. The van der Waals surface area contributed by atoms with Crippen molar-refractivity contribution in [3.05, 3.63) is 56.7 Å². The van der Waals surface area contributed by atoms with Crippen molar-refractivity contribution < 1.29 is 9.53 Å². The fourth-order valence-corrected chi connectivity index (χ4v) is 5.82. The average Bonchev–Trinajstić information content (AvgIpc) is 3.36. The van der Waals surface area contributed by atoms with Crippen LogP contribution in [0, 0.1) is 6.92 Å². The molecule has 29 heavy (non-hydrogen) atoms. The second-order valence-electron chi connectivity index (χ2n) is 7.19. The molecule has 5 nitrogen and oxygen atoms in total. The Kier molecular flexibility index (Phi) is 6.18. The first kappa shape index (κ1) is 20.3. The molecule has 3 aromatic rings. The molecule has 0 amide bonds. The summed E-state index contributed by atoms with van der Waals surface area (Å²) in [6.45, 7) is 5.34. The Labute approximate surface area is 178 Å². The molecule has 0 saturated carbocycles. The molecule has 1 atom stereocenters. The molecule has 1 aliphatic heterocycles. The van der Waals surface area contributed by atoms with Gasteiger partial charge in [0.25, 0.3) is 5.56 Å². The minimum Gasteiger partial charge on any atom is -0.376 e. The predicted octanol–water partition coefficient (Wildman–Crippen LogP) is 4.48. The van der Waals surface area contributed by atoms with Gasteiger partial charge in [0, 0.05) is 17.0 Å². The number of ether oxygens (including phenoxy) is 1. The van der Waals surface area contributed by atoms with Gasteiger partial charge < -0.3 is 4.74 Å². The molecule has 1 fully saturated rings. The maximum Gasteiger partial charge on any atom is 0.263 e. The Bertz CT molecular complexity index is 1080. The zero-order valence-electron chi connectivity index (χ0n) is 16.6. The number of thioether (sulfide) groups is 1. The summed E-state index contributed by atoms with van der Waals surface area (Å²) in [4.78, 5) is 32.7. The summed E-state index contributed by atoms with van der Waals surface area (Å²) in [5.41, 5.74) is 1.75. The van der Waals surface area contributed by atoms with E-state index >= 15 is 0 Å². The van der Waals surface area contributed by atoms with Crippen molar-refractivity contribution in [2.45, 2.75) is 50.9 Å². The fraction of sp³-hybridized carbons (Fsp3) is 0.409. The maximum atomic E-state index is 13.4. The molecule has 1 unspecified atom stereocenters. The van der Waals surface area contributed by atoms with E-state index in [9.17, 15) is 9.59 Å². The molecule has 1 saturated heterocycles. The van der Waals surface area contributed by atoms with Crippen molar-refractivity contribution in [1.29, 1.82) is 0 Å². The first-order chi connectivity index (χ1) is 14.1. The Morgan fingerprint density at radius 2 is 2.14 bits per heavy atom. The van der Waals surface area contributed by atoms with Gasteiger partial charge in [-0.15, -0.1) is 11.3 Å². The number of hydrogen-bond donors (Lipinski definition) is 0. The summed E-state index contributed by atoms with van der Waals surface area (Å²) in [5, 5.41) is 1.33. The molecule has 7 heteroatoms. The highest BCUT2D eigenvalue weighted by molar-refractivity contribution is 7.99. The number of benzene rings is 1. The van der Waals surface area contributed by atoms with Gasteiger partial charge in [0.15, 0.2) is 10.9 Å². The smallest absolute Gasteiger partial charge is 0.263 e. The largest absolute Gasteiger partial charge is 0.376 e. The predicted molar refractivity (Wildman–Crippen MR) is 118 cm³/mol.